The van der Waals surface area contributed by atoms with Gasteiger partial charge in [0.2, 0.25) is 5.95 Å². The minimum atomic E-state index is -0.117. The van der Waals surface area contributed by atoms with Crippen LogP contribution in [0.25, 0.3) is 11.3 Å². The van der Waals surface area contributed by atoms with Crippen LogP contribution in [0.4, 0.5) is 11.6 Å². The van der Waals surface area contributed by atoms with E-state index in [1.54, 1.807) is 18.3 Å². The molecule has 0 radical (unpaired) electrons. The topological polar surface area (TPSA) is 66.9 Å². The van der Waals surface area contributed by atoms with Crippen LogP contribution in [-0.2, 0) is 6.54 Å². The summed E-state index contributed by atoms with van der Waals surface area (Å²) in [4.78, 5) is 21.3. The first-order valence-electron chi connectivity index (χ1n) is 9.87. The third-order valence-electron chi connectivity index (χ3n) is 4.73. The third-order valence-corrected chi connectivity index (χ3v) is 4.99. The summed E-state index contributed by atoms with van der Waals surface area (Å²) in [7, 11) is 0. The fourth-order valence-corrected chi connectivity index (χ4v) is 3.27. The second-order valence-corrected chi connectivity index (χ2v) is 7.58. The van der Waals surface area contributed by atoms with Gasteiger partial charge in [0.25, 0.3) is 5.91 Å². The molecule has 1 aromatic heterocycles. The molecule has 5 nitrogen and oxygen atoms in total. The molecule has 0 saturated carbocycles. The Hall–Kier alpha value is -3.70. The molecule has 4 rings (SSSR count). The first-order valence-corrected chi connectivity index (χ1v) is 10.2. The average molecular weight is 429 g/mol. The molecule has 4 aromatic rings. The molecule has 0 spiro atoms. The average Bonchev–Trinajstić information content (AvgIpc) is 2.79. The number of nitrogens with zero attached hydrogens (tertiary/aromatic N) is 2. The molecule has 0 aliphatic carbocycles. The normalized spacial score (nSPS) is 10.5. The quantitative estimate of drug-likeness (QED) is 0.408. The number of rotatable bonds is 6. The van der Waals surface area contributed by atoms with Crippen LogP contribution in [0.2, 0.25) is 5.02 Å². The van der Waals surface area contributed by atoms with Crippen molar-refractivity contribution in [3.05, 3.63) is 107 Å². The molecule has 0 aliphatic heterocycles. The van der Waals surface area contributed by atoms with Crippen molar-refractivity contribution in [2.24, 2.45) is 0 Å². The standard InChI is InChI=1S/C25H21ClN4O/c1-17-3-2-4-18(15-17)16-28-24(31)20-7-11-22(12-8-20)29-25-27-14-13-23(30-25)19-5-9-21(26)10-6-19/h2-15H,16H2,1H3,(H,28,31)(H,27,29,30). The summed E-state index contributed by atoms with van der Waals surface area (Å²) in [6.07, 6.45) is 1.70. The van der Waals surface area contributed by atoms with Gasteiger partial charge in [0, 0.05) is 34.6 Å². The zero-order valence-electron chi connectivity index (χ0n) is 17.0. The highest BCUT2D eigenvalue weighted by Gasteiger charge is 2.07. The number of hydrogen-bond acceptors (Lipinski definition) is 4. The number of benzene rings is 3. The van der Waals surface area contributed by atoms with Gasteiger partial charge in [-0.15, -0.1) is 0 Å². The predicted octanol–water partition coefficient (Wildman–Crippen LogP) is 5.78. The molecule has 0 saturated heterocycles. The largest absolute Gasteiger partial charge is 0.348 e. The van der Waals surface area contributed by atoms with Gasteiger partial charge in [-0.1, -0.05) is 53.6 Å². The maximum absolute atomic E-state index is 12.4. The predicted molar refractivity (Wildman–Crippen MR) is 125 cm³/mol. The lowest BCUT2D eigenvalue weighted by molar-refractivity contribution is 0.0951. The fourth-order valence-electron chi connectivity index (χ4n) is 3.14. The summed E-state index contributed by atoms with van der Waals surface area (Å²) < 4.78 is 0. The molecular formula is C25H21ClN4O. The van der Waals surface area contributed by atoms with Gasteiger partial charge in [-0.05, 0) is 55.0 Å². The monoisotopic (exact) mass is 428 g/mol. The number of anilines is 2. The Labute approximate surface area is 186 Å². The number of hydrogen-bond donors (Lipinski definition) is 2. The van der Waals surface area contributed by atoms with E-state index >= 15 is 0 Å². The van der Waals surface area contributed by atoms with Gasteiger partial charge in [-0.25, -0.2) is 9.97 Å². The molecule has 1 amide bonds. The summed E-state index contributed by atoms with van der Waals surface area (Å²) in [6, 6.07) is 24.6. The lowest BCUT2D eigenvalue weighted by Crippen LogP contribution is -2.22. The number of carbonyl (C=O) groups excluding carboxylic acids is 1. The van der Waals surface area contributed by atoms with Gasteiger partial charge >= 0.3 is 0 Å². The van der Waals surface area contributed by atoms with Crippen molar-refractivity contribution < 1.29 is 4.79 Å². The third kappa shape index (κ3) is 5.47. The number of aromatic nitrogens is 2. The van der Waals surface area contributed by atoms with Gasteiger partial charge < -0.3 is 10.6 Å². The molecule has 0 aliphatic rings. The van der Waals surface area contributed by atoms with Crippen LogP contribution in [0.15, 0.2) is 85.1 Å². The van der Waals surface area contributed by atoms with E-state index in [1.165, 1.54) is 5.56 Å². The van der Waals surface area contributed by atoms with E-state index in [0.717, 1.165) is 22.5 Å². The van der Waals surface area contributed by atoms with E-state index in [0.29, 0.717) is 23.1 Å². The maximum Gasteiger partial charge on any atom is 0.251 e. The van der Waals surface area contributed by atoms with Crippen LogP contribution < -0.4 is 10.6 Å². The van der Waals surface area contributed by atoms with Gasteiger partial charge in [0.05, 0.1) is 5.69 Å². The molecule has 1 heterocycles. The van der Waals surface area contributed by atoms with Crippen molar-refractivity contribution >= 4 is 29.1 Å². The lowest BCUT2D eigenvalue weighted by Gasteiger charge is -2.09. The van der Waals surface area contributed by atoms with Crippen molar-refractivity contribution in [1.82, 2.24) is 15.3 Å². The molecule has 154 valence electrons. The molecule has 0 fully saturated rings. The van der Waals surface area contributed by atoms with Crippen LogP contribution in [-0.4, -0.2) is 15.9 Å². The number of halogens is 1. The van der Waals surface area contributed by atoms with Crippen molar-refractivity contribution in [1.29, 1.82) is 0 Å². The number of nitrogens with one attached hydrogen (secondary N) is 2. The Morgan fingerprint density at radius 1 is 0.968 bits per heavy atom. The van der Waals surface area contributed by atoms with Gasteiger partial charge in [0.1, 0.15) is 0 Å². The zero-order chi connectivity index (χ0) is 21.6. The van der Waals surface area contributed by atoms with Gasteiger partial charge in [0.15, 0.2) is 0 Å². The summed E-state index contributed by atoms with van der Waals surface area (Å²) in [5, 5.41) is 6.80. The van der Waals surface area contributed by atoms with E-state index in [2.05, 4.69) is 26.7 Å². The van der Waals surface area contributed by atoms with E-state index < -0.39 is 0 Å². The Kier molecular flexibility index (Phi) is 6.24. The first-order chi connectivity index (χ1) is 15.1. The van der Waals surface area contributed by atoms with Crippen LogP contribution >= 0.6 is 11.6 Å². The number of carbonyl (C=O) groups is 1. The van der Waals surface area contributed by atoms with Crippen molar-refractivity contribution in [2.75, 3.05) is 5.32 Å². The van der Waals surface area contributed by atoms with Crippen LogP contribution in [0, 0.1) is 6.92 Å². The minimum Gasteiger partial charge on any atom is -0.348 e. The highest BCUT2D eigenvalue weighted by Crippen LogP contribution is 2.21. The van der Waals surface area contributed by atoms with Crippen molar-refractivity contribution in [3.63, 3.8) is 0 Å². The zero-order valence-corrected chi connectivity index (χ0v) is 17.7. The fraction of sp³-hybridized carbons (Fsp3) is 0.0800. The highest BCUT2D eigenvalue weighted by atomic mass is 35.5. The molecule has 0 atom stereocenters. The van der Waals surface area contributed by atoms with Crippen LogP contribution in [0.1, 0.15) is 21.5 Å². The van der Waals surface area contributed by atoms with E-state index in [9.17, 15) is 4.79 Å². The SMILES string of the molecule is Cc1cccc(CNC(=O)c2ccc(Nc3nccc(-c4ccc(Cl)cc4)n3)cc2)c1. The highest BCUT2D eigenvalue weighted by molar-refractivity contribution is 6.30. The Bertz CT molecular complexity index is 1190. The molecule has 0 unspecified atom stereocenters. The van der Waals surface area contributed by atoms with E-state index in [4.69, 9.17) is 11.6 Å². The molecule has 0 bridgehead atoms. The maximum atomic E-state index is 12.4. The molecular weight excluding hydrogens is 408 g/mol. The summed E-state index contributed by atoms with van der Waals surface area (Å²) in [5.74, 6) is 0.359. The van der Waals surface area contributed by atoms with Crippen molar-refractivity contribution in [2.45, 2.75) is 13.5 Å². The Morgan fingerprint density at radius 3 is 2.48 bits per heavy atom. The molecule has 31 heavy (non-hydrogen) atoms. The van der Waals surface area contributed by atoms with Gasteiger partial charge in [-0.2, -0.15) is 0 Å². The molecule has 3 aromatic carbocycles. The Morgan fingerprint density at radius 2 is 1.74 bits per heavy atom. The number of amides is 1. The van der Waals surface area contributed by atoms with Gasteiger partial charge in [-0.3, -0.25) is 4.79 Å². The van der Waals surface area contributed by atoms with E-state index in [-0.39, 0.29) is 5.91 Å². The summed E-state index contributed by atoms with van der Waals surface area (Å²) >= 11 is 5.96. The van der Waals surface area contributed by atoms with Crippen molar-refractivity contribution in [3.8, 4) is 11.3 Å². The van der Waals surface area contributed by atoms with E-state index in [1.807, 2.05) is 67.6 Å². The summed E-state index contributed by atoms with van der Waals surface area (Å²) in [6.45, 7) is 2.53. The minimum absolute atomic E-state index is 0.117. The van der Waals surface area contributed by atoms with Crippen LogP contribution in [0.3, 0.4) is 0 Å². The second-order valence-electron chi connectivity index (χ2n) is 7.15. The second kappa shape index (κ2) is 9.41. The summed E-state index contributed by atoms with van der Waals surface area (Å²) in [5.41, 5.74) is 5.38. The van der Waals surface area contributed by atoms with Crippen LogP contribution in [0.5, 0.6) is 0 Å². The molecule has 6 heteroatoms. The number of aryl methyl sites for hydroxylation is 1. The first kappa shape index (κ1) is 20.6. The lowest BCUT2D eigenvalue weighted by atomic mass is 10.1. The smallest absolute Gasteiger partial charge is 0.251 e. The Balaban J connectivity index is 1.40. The molecule has 2 N–H and O–H groups in total.